The summed E-state index contributed by atoms with van der Waals surface area (Å²) in [6, 6.07) is 19.2. The van der Waals surface area contributed by atoms with Gasteiger partial charge in [0.1, 0.15) is 5.75 Å². The highest BCUT2D eigenvalue weighted by molar-refractivity contribution is 7.22. The standard InChI is InChI=1S/C30H33ClN4O2S/c1-34(2)16-17-35(3)30-33-27-15-11-22(19-28(27)38-30)32-29(36)21-10-14-25(26(31)18-21)20-8-12-24(13-9-20)37-23-6-4-5-7-23/h8-15,18-19,23H,4-7,16-17H2,1-3H3,(H,32,36). The number of nitrogens with one attached hydrogen (secondary N) is 1. The molecule has 1 saturated carbocycles. The Balaban J connectivity index is 1.25. The smallest absolute Gasteiger partial charge is 0.255 e. The van der Waals surface area contributed by atoms with Gasteiger partial charge in [-0.2, -0.15) is 0 Å². The van der Waals surface area contributed by atoms with Gasteiger partial charge in [-0.15, -0.1) is 0 Å². The molecule has 1 heterocycles. The number of nitrogens with zero attached hydrogens (tertiary/aromatic N) is 3. The van der Waals surface area contributed by atoms with Crippen molar-refractivity contribution in [3.8, 4) is 16.9 Å². The number of carbonyl (C=O) groups excluding carboxylic acids is 1. The molecule has 0 unspecified atom stereocenters. The van der Waals surface area contributed by atoms with E-state index < -0.39 is 0 Å². The van der Waals surface area contributed by atoms with E-state index in [-0.39, 0.29) is 5.91 Å². The van der Waals surface area contributed by atoms with E-state index in [0.717, 1.165) is 63.8 Å². The van der Waals surface area contributed by atoms with Crippen molar-refractivity contribution >= 4 is 49.9 Å². The van der Waals surface area contributed by atoms with E-state index in [4.69, 9.17) is 21.3 Å². The molecule has 4 aromatic rings. The average Bonchev–Trinajstić information content (AvgIpc) is 3.57. The number of ether oxygens (including phenoxy) is 1. The number of fused-ring (bicyclic) bond motifs is 1. The summed E-state index contributed by atoms with van der Waals surface area (Å²) in [5, 5.41) is 4.50. The molecule has 1 fully saturated rings. The van der Waals surface area contributed by atoms with Crippen molar-refractivity contribution in [2.24, 2.45) is 0 Å². The van der Waals surface area contributed by atoms with Crippen molar-refractivity contribution in [1.29, 1.82) is 0 Å². The third-order valence-electron chi connectivity index (χ3n) is 6.85. The van der Waals surface area contributed by atoms with E-state index in [1.54, 1.807) is 17.4 Å². The fourth-order valence-corrected chi connectivity index (χ4v) is 5.89. The largest absolute Gasteiger partial charge is 0.490 e. The fraction of sp³-hybridized carbons (Fsp3) is 0.333. The molecular weight excluding hydrogens is 516 g/mol. The van der Waals surface area contributed by atoms with Gasteiger partial charge in [-0.25, -0.2) is 4.98 Å². The average molecular weight is 549 g/mol. The summed E-state index contributed by atoms with van der Waals surface area (Å²) in [4.78, 5) is 22.1. The molecule has 6 nitrogen and oxygen atoms in total. The Hall–Kier alpha value is -3.13. The first-order chi connectivity index (χ1) is 18.4. The number of hydrogen-bond acceptors (Lipinski definition) is 6. The first-order valence-corrected chi connectivity index (χ1v) is 14.2. The van der Waals surface area contributed by atoms with Crippen LogP contribution in [0.1, 0.15) is 36.0 Å². The Labute approximate surface area is 233 Å². The molecule has 1 N–H and O–H groups in total. The third kappa shape index (κ3) is 6.29. The highest BCUT2D eigenvalue weighted by Crippen LogP contribution is 2.33. The second kappa shape index (κ2) is 11.7. The second-order valence-corrected chi connectivity index (χ2v) is 11.5. The molecule has 38 heavy (non-hydrogen) atoms. The number of rotatable bonds is 9. The molecule has 0 aliphatic heterocycles. The van der Waals surface area contributed by atoms with Crippen LogP contribution in [-0.4, -0.2) is 56.1 Å². The topological polar surface area (TPSA) is 57.7 Å². The maximum atomic E-state index is 13.0. The Morgan fingerprint density at radius 2 is 1.79 bits per heavy atom. The third-order valence-corrected chi connectivity index (χ3v) is 8.29. The Morgan fingerprint density at radius 3 is 2.50 bits per heavy atom. The lowest BCUT2D eigenvalue weighted by Crippen LogP contribution is -2.28. The summed E-state index contributed by atoms with van der Waals surface area (Å²) >= 11 is 8.24. The van der Waals surface area contributed by atoms with Gasteiger partial charge < -0.3 is 19.9 Å². The zero-order chi connectivity index (χ0) is 26.6. The molecule has 0 bridgehead atoms. The predicted octanol–water partition coefficient (Wildman–Crippen LogP) is 7.19. The first kappa shape index (κ1) is 26.5. The lowest BCUT2D eigenvalue weighted by atomic mass is 10.0. The molecule has 8 heteroatoms. The van der Waals surface area contributed by atoms with Gasteiger partial charge in [-0.05, 0) is 87.8 Å². The Kier molecular flexibility index (Phi) is 8.17. The molecule has 3 aromatic carbocycles. The van der Waals surface area contributed by atoms with Gasteiger partial charge in [0.2, 0.25) is 0 Å². The monoisotopic (exact) mass is 548 g/mol. The quantitative estimate of drug-likeness (QED) is 0.240. The zero-order valence-electron chi connectivity index (χ0n) is 22.0. The van der Waals surface area contributed by atoms with Crippen LogP contribution in [0.25, 0.3) is 21.3 Å². The van der Waals surface area contributed by atoms with Crippen LogP contribution in [-0.2, 0) is 0 Å². The van der Waals surface area contributed by atoms with Gasteiger partial charge in [0.05, 0.1) is 16.3 Å². The number of halogens is 1. The summed E-state index contributed by atoms with van der Waals surface area (Å²) in [6.45, 7) is 1.85. The van der Waals surface area contributed by atoms with Gasteiger partial charge >= 0.3 is 0 Å². The van der Waals surface area contributed by atoms with Crippen LogP contribution in [0.4, 0.5) is 10.8 Å². The lowest BCUT2D eigenvalue weighted by Gasteiger charge is -2.18. The normalized spacial score (nSPS) is 13.8. The first-order valence-electron chi connectivity index (χ1n) is 13.0. The van der Waals surface area contributed by atoms with Gasteiger partial charge in [0, 0.05) is 42.0 Å². The predicted molar refractivity (Wildman–Crippen MR) is 159 cm³/mol. The van der Waals surface area contributed by atoms with E-state index in [1.807, 2.05) is 54.6 Å². The second-order valence-electron chi connectivity index (χ2n) is 10.1. The molecule has 5 rings (SSSR count). The van der Waals surface area contributed by atoms with Crippen LogP contribution in [0.15, 0.2) is 60.7 Å². The van der Waals surface area contributed by atoms with Crippen molar-refractivity contribution in [3.05, 3.63) is 71.2 Å². The van der Waals surface area contributed by atoms with Crippen LogP contribution >= 0.6 is 22.9 Å². The zero-order valence-corrected chi connectivity index (χ0v) is 23.6. The summed E-state index contributed by atoms with van der Waals surface area (Å²) in [7, 11) is 6.17. The summed E-state index contributed by atoms with van der Waals surface area (Å²) in [5.74, 6) is 0.684. The SMILES string of the molecule is CN(C)CCN(C)c1nc2ccc(NC(=O)c3ccc(-c4ccc(OC5CCCC5)cc4)c(Cl)c3)cc2s1. The highest BCUT2D eigenvalue weighted by Gasteiger charge is 2.17. The summed E-state index contributed by atoms with van der Waals surface area (Å²) in [6.07, 6.45) is 5.08. The molecule has 1 aromatic heterocycles. The van der Waals surface area contributed by atoms with Crippen LogP contribution in [0.2, 0.25) is 5.02 Å². The van der Waals surface area contributed by atoms with Gasteiger partial charge in [0.15, 0.2) is 5.13 Å². The van der Waals surface area contributed by atoms with E-state index in [1.165, 1.54) is 12.8 Å². The maximum Gasteiger partial charge on any atom is 0.255 e. The minimum absolute atomic E-state index is 0.203. The van der Waals surface area contributed by atoms with Gasteiger partial charge in [-0.3, -0.25) is 4.79 Å². The number of benzene rings is 3. The Bertz CT molecular complexity index is 1410. The molecule has 1 aliphatic rings. The number of thiazole rings is 1. The van der Waals surface area contributed by atoms with Crippen molar-refractivity contribution in [3.63, 3.8) is 0 Å². The number of likely N-dealkylation sites (N-methyl/N-ethyl adjacent to an activating group) is 2. The van der Waals surface area contributed by atoms with E-state index in [2.05, 4.69) is 36.3 Å². The van der Waals surface area contributed by atoms with E-state index >= 15 is 0 Å². The molecule has 0 atom stereocenters. The number of aromatic nitrogens is 1. The summed E-state index contributed by atoms with van der Waals surface area (Å²) in [5.41, 5.74) is 4.03. The number of carbonyl (C=O) groups is 1. The van der Waals surface area contributed by atoms with Crippen molar-refractivity contribution in [2.45, 2.75) is 31.8 Å². The molecule has 0 spiro atoms. The minimum Gasteiger partial charge on any atom is -0.490 e. The van der Waals surface area contributed by atoms with Crippen molar-refractivity contribution in [1.82, 2.24) is 9.88 Å². The lowest BCUT2D eigenvalue weighted by molar-refractivity contribution is 0.102. The van der Waals surface area contributed by atoms with E-state index in [0.29, 0.717) is 16.7 Å². The summed E-state index contributed by atoms with van der Waals surface area (Å²) < 4.78 is 7.10. The Morgan fingerprint density at radius 1 is 1.03 bits per heavy atom. The van der Waals surface area contributed by atoms with Crippen LogP contribution in [0.3, 0.4) is 0 Å². The molecule has 0 radical (unpaired) electrons. The van der Waals surface area contributed by atoms with Gasteiger partial charge in [-0.1, -0.05) is 41.1 Å². The highest BCUT2D eigenvalue weighted by atomic mass is 35.5. The van der Waals surface area contributed by atoms with Gasteiger partial charge in [0.25, 0.3) is 5.91 Å². The fourth-order valence-electron chi connectivity index (χ4n) is 4.60. The van der Waals surface area contributed by atoms with Crippen molar-refractivity contribution < 1.29 is 9.53 Å². The van der Waals surface area contributed by atoms with Crippen LogP contribution in [0.5, 0.6) is 5.75 Å². The molecule has 198 valence electrons. The number of amides is 1. The van der Waals surface area contributed by atoms with Crippen LogP contribution < -0.4 is 15.0 Å². The molecule has 0 saturated heterocycles. The molecule has 1 aliphatic carbocycles. The number of hydrogen-bond donors (Lipinski definition) is 1. The minimum atomic E-state index is -0.203. The van der Waals surface area contributed by atoms with Crippen molar-refractivity contribution in [2.75, 3.05) is 44.4 Å². The number of anilines is 2. The maximum absolute atomic E-state index is 13.0. The molecule has 1 amide bonds. The van der Waals surface area contributed by atoms with Crippen LogP contribution in [0, 0.1) is 0 Å². The van der Waals surface area contributed by atoms with E-state index in [9.17, 15) is 4.79 Å². The molecular formula is C30H33ClN4O2S.